The number of benzene rings is 1. The van der Waals surface area contributed by atoms with E-state index in [0.29, 0.717) is 17.3 Å². The van der Waals surface area contributed by atoms with Gasteiger partial charge in [-0.1, -0.05) is 18.2 Å². The fourth-order valence-electron chi connectivity index (χ4n) is 1.94. The van der Waals surface area contributed by atoms with Crippen molar-refractivity contribution in [1.29, 1.82) is 0 Å². The van der Waals surface area contributed by atoms with E-state index in [2.05, 4.69) is 10.1 Å². The number of para-hydroxylation sites is 1. The van der Waals surface area contributed by atoms with Gasteiger partial charge in [-0.15, -0.1) is 0 Å². The molecule has 0 saturated carbocycles. The van der Waals surface area contributed by atoms with Gasteiger partial charge in [0, 0.05) is 11.8 Å². The van der Waals surface area contributed by atoms with E-state index in [1.54, 1.807) is 10.9 Å². The third kappa shape index (κ3) is 1.83. The van der Waals surface area contributed by atoms with E-state index in [4.69, 9.17) is 11.6 Å². The zero-order valence-electron chi connectivity index (χ0n) is 10.5. The highest BCUT2D eigenvalue weighted by Gasteiger charge is 2.13. The van der Waals surface area contributed by atoms with Crippen LogP contribution < -0.4 is 11.6 Å². The van der Waals surface area contributed by atoms with E-state index in [9.17, 15) is 0 Å². The lowest BCUT2D eigenvalue weighted by Gasteiger charge is -1.99. The van der Waals surface area contributed by atoms with Crippen molar-refractivity contribution in [2.45, 2.75) is 6.92 Å². The number of imidazole rings is 1. The van der Waals surface area contributed by atoms with Gasteiger partial charge in [0.25, 0.3) is 0 Å². The summed E-state index contributed by atoms with van der Waals surface area (Å²) in [5, 5.41) is 4.31. The molecular weight excluding hydrogens is 240 g/mol. The smallest absolute Gasteiger partial charge is 0.150 e. The number of nitrogen functional groups attached to an aromatic ring is 2. The molecule has 0 fully saturated rings. The maximum atomic E-state index is 5.92. The second kappa shape index (κ2) is 4.16. The first kappa shape index (κ1) is 11.3. The molecule has 2 aromatic heterocycles. The zero-order valence-corrected chi connectivity index (χ0v) is 10.5. The first-order chi connectivity index (χ1) is 9.16. The van der Waals surface area contributed by atoms with Crippen LogP contribution in [0.5, 0.6) is 0 Å². The van der Waals surface area contributed by atoms with Crippen molar-refractivity contribution in [3.8, 4) is 16.9 Å². The molecule has 3 aromatic rings. The molecule has 0 radical (unpaired) electrons. The van der Waals surface area contributed by atoms with E-state index in [0.717, 1.165) is 11.3 Å². The normalized spacial score (nSPS) is 10.8. The average molecular weight is 254 g/mol. The van der Waals surface area contributed by atoms with E-state index in [1.165, 1.54) is 4.68 Å². The first-order valence-electron chi connectivity index (χ1n) is 5.87. The Morgan fingerprint density at radius 2 is 1.89 bits per heavy atom. The van der Waals surface area contributed by atoms with Crippen molar-refractivity contribution in [2.75, 3.05) is 11.6 Å². The highest BCUT2D eigenvalue weighted by molar-refractivity contribution is 5.70. The molecule has 0 spiro atoms. The lowest BCUT2D eigenvalue weighted by Crippen LogP contribution is -2.13. The molecule has 0 bridgehead atoms. The molecule has 19 heavy (non-hydrogen) atoms. The topological polar surface area (TPSA) is 87.7 Å². The van der Waals surface area contributed by atoms with Crippen LogP contribution in [0.2, 0.25) is 0 Å². The largest absolute Gasteiger partial charge is 0.382 e. The van der Waals surface area contributed by atoms with Gasteiger partial charge >= 0.3 is 0 Å². The zero-order chi connectivity index (χ0) is 13.4. The average Bonchev–Trinajstić information content (AvgIpc) is 3.01. The van der Waals surface area contributed by atoms with Crippen molar-refractivity contribution >= 4 is 5.82 Å². The highest BCUT2D eigenvalue weighted by Crippen LogP contribution is 2.24. The van der Waals surface area contributed by atoms with Crippen molar-refractivity contribution in [3.63, 3.8) is 0 Å². The van der Waals surface area contributed by atoms with Gasteiger partial charge in [0.05, 0.1) is 11.9 Å². The Labute approximate surface area is 110 Å². The summed E-state index contributed by atoms with van der Waals surface area (Å²) in [7, 11) is 0. The van der Waals surface area contributed by atoms with Crippen LogP contribution in [-0.2, 0) is 0 Å². The Morgan fingerprint density at radius 1 is 1.16 bits per heavy atom. The van der Waals surface area contributed by atoms with Crippen LogP contribution in [0.4, 0.5) is 5.82 Å². The lowest BCUT2D eigenvalue weighted by atomic mass is 10.2. The predicted octanol–water partition coefficient (Wildman–Crippen LogP) is 1.34. The van der Waals surface area contributed by atoms with Crippen LogP contribution in [0.15, 0.2) is 42.7 Å². The number of nitrogens with zero attached hydrogens (tertiary/aromatic N) is 4. The summed E-state index contributed by atoms with van der Waals surface area (Å²) in [5.41, 5.74) is 8.40. The Hall–Kier alpha value is -2.76. The Kier molecular flexibility index (Phi) is 2.49. The summed E-state index contributed by atoms with van der Waals surface area (Å²) in [4.78, 5) is 4.35. The number of anilines is 1. The number of rotatable bonds is 2. The minimum atomic E-state index is 0.435. The minimum Gasteiger partial charge on any atom is -0.382 e. The quantitative estimate of drug-likeness (QED) is 0.675. The molecule has 3 rings (SSSR count). The molecule has 0 amide bonds. The van der Waals surface area contributed by atoms with Crippen molar-refractivity contribution in [2.24, 2.45) is 0 Å². The number of nitrogens with two attached hydrogens (primary N) is 2. The Morgan fingerprint density at radius 3 is 2.53 bits per heavy atom. The van der Waals surface area contributed by atoms with Gasteiger partial charge in [-0.3, -0.25) is 0 Å². The molecular formula is C13H14N6. The minimum absolute atomic E-state index is 0.435. The fourth-order valence-corrected chi connectivity index (χ4v) is 1.94. The third-order valence-corrected chi connectivity index (χ3v) is 3.00. The summed E-state index contributed by atoms with van der Waals surface area (Å²) >= 11 is 0. The molecule has 0 aliphatic rings. The first-order valence-corrected chi connectivity index (χ1v) is 5.87. The summed E-state index contributed by atoms with van der Waals surface area (Å²) in [5.74, 6) is 6.86. The van der Waals surface area contributed by atoms with Crippen molar-refractivity contribution in [3.05, 3.63) is 48.5 Å². The van der Waals surface area contributed by atoms with Gasteiger partial charge in [-0.2, -0.15) is 5.10 Å². The molecule has 6 heteroatoms. The monoisotopic (exact) mass is 254 g/mol. The molecule has 1 aromatic carbocycles. The van der Waals surface area contributed by atoms with Crippen molar-refractivity contribution < 1.29 is 0 Å². The SMILES string of the molecule is Cc1nc(-c2cnn(-c3ccccc3)c2)c(N)n1N. The summed E-state index contributed by atoms with van der Waals surface area (Å²) in [6.07, 6.45) is 3.61. The van der Waals surface area contributed by atoms with E-state index < -0.39 is 0 Å². The molecule has 6 nitrogen and oxygen atoms in total. The third-order valence-electron chi connectivity index (χ3n) is 3.00. The summed E-state index contributed by atoms with van der Waals surface area (Å²) in [6.45, 7) is 1.81. The highest BCUT2D eigenvalue weighted by atomic mass is 15.4. The van der Waals surface area contributed by atoms with E-state index in [-0.39, 0.29) is 0 Å². The second-order valence-corrected chi connectivity index (χ2v) is 4.27. The van der Waals surface area contributed by atoms with Crippen LogP contribution in [0, 0.1) is 6.92 Å². The van der Waals surface area contributed by atoms with Gasteiger partial charge < -0.3 is 11.6 Å². The fraction of sp³-hybridized carbons (Fsp3) is 0.0769. The standard InChI is InChI=1S/C13H14N6/c1-9-17-12(13(14)19(9)15)10-7-16-18(8-10)11-5-3-2-4-6-11/h2-8H,14-15H2,1H3. The van der Waals surface area contributed by atoms with E-state index >= 15 is 0 Å². The van der Waals surface area contributed by atoms with Crippen LogP contribution in [0.1, 0.15) is 5.82 Å². The lowest BCUT2D eigenvalue weighted by molar-refractivity contribution is 0.881. The van der Waals surface area contributed by atoms with Gasteiger partial charge in [-0.05, 0) is 19.1 Å². The van der Waals surface area contributed by atoms with Gasteiger partial charge in [0.15, 0.2) is 5.82 Å². The number of aryl methyl sites for hydroxylation is 1. The van der Waals surface area contributed by atoms with Gasteiger partial charge in [0.2, 0.25) is 0 Å². The molecule has 0 saturated heterocycles. The Balaban J connectivity index is 2.04. The number of hydrogen-bond acceptors (Lipinski definition) is 4. The van der Waals surface area contributed by atoms with Crippen LogP contribution >= 0.6 is 0 Å². The summed E-state index contributed by atoms with van der Waals surface area (Å²) in [6, 6.07) is 9.85. The number of hydrogen-bond donors (Lipinski definition) is 2. The number of aromatic nitrogens is 4. The maximum absolute atomic E-state index is 5.92. The van der Waals surface area contributed by atoms with Gasteiger partial charge in [-0.25, -0.2) is 14.3 Å². The Bertz CT molecular complexity index is 710. The maximum Gasteiger partial charge on any atom is 0.150 e. The molecule has 0 atom stereocenters. The molecule has 4 N–H and O–H groups in total. The molecule has 0 unspecified atom stereocenters. The molecule has 2 heterocycles. The van der Waals surface area contributed by atoms with E-state index in [1.807, 2.05) is 43.5 Å². The second-order valence-electron chi connectivity index (χ2n) is 4.27. The molecule has 96 valence electrons. The molecule has 0 aliphatic heterocycles. The predicted molar refractivity (Wildman–Crippen MR) is 74.1 cm³/mol. The summed E-state index contributed by atoms with van der Waals surface area (Å²) < 4.78 is 3.15. The van der Waals surface area contributed by atoms with Crippen LogP contribution in [0.25, 0.3) is 16.9 Å². The van der Waals surface area contributed by atoms with Gasteiger partial charge in [0.1, 0.15) is 11.5 Å². The van der Waals surface area contributed by atoms with Crippen molar-refractivity contribution in [1.82, 2.24) is 19.4 Å². The van der Waals surface area contributed by atoms with Crippen LogP contribution in [-0.4, -0.2) is 19.4 Å². The van der Waals surface area contributed by atoms with Crippen LogP contribution in [0.3, 0.4) is 0 Å². The molecule has 0 aliphatic carbocycles.